The van der Waals surface area contributed by atoms with Crippen LogP contribution in [0.2, 0.25) is 0 Å². The lowest BCUT2D eigenvalue weighted by Gasteiger charge is -2.32. The van der Waals surface area contributed by atoms with Gasteiger partial charge >= 0.3 is 6.03 Å². The number of amides is 4. The van der Waals surface area contributed by atoms with Crippen molar-refractivity contribution in [3.8, 4) is 0 Å². The highest BCUT2D eigenvalue weighted by atomic mass is 32.1. The summed E-state index contributed by atoms with van der Waals surface area (Å²) in [6, 6.07) is 16.9. The Kier molecular flexibility index (Phi) is 6.09. The summed E-state index contributed by atoms with van der Waals surface area (Å²) < 4.78 is 1.15. The van der Waals surface area contributed by atoms with Crippen LogP contribution in [0.3, 0.4) is 0 Å². The van der Waals surface area contributed by atoms with E-state index in [2.05, 4.69) is 11.4 Å². The largest absolute Gasteiger partial charge is 0.340 e. The van der Waals surface area contributed by atoms with Crippen LogP contribution in [0.25, 0.3) is 10.2 Å². The third kappa shape index (κ3) is 4.61. The Morgan fingerprint density at radius 1 is 1.09 bits per heavy atom. The van der Waals surface area contributed by atoms with E-state index in [9.17, 15) is 14.4 Å². The van der Waals surface area contributed by atoms with Gasteiger partial charge < -0.3 is 10.2 Å². The van der Waals surface area contributed by atoms with Crippen LogP contribution in [0.1, 0.15) is 35.8 Å². The molecule has 0 aliphatic carbocycles. The highest BCUT2D eigenvalue weighted by Crippen LogP contribution is 2.33. The van der Waals surface area contributed by atoms with Crippen LogP contribution in [-0.4, -0.2) is 58.3 Å². The minimum atomic E-state index is -0.581. The summed E-state index contributed by atoms with van der Waals surface area (Å²) >= 11 is 1.68. The summed E-state index contributed by atoms with van der Waals surface area (Å²) in [6.07, 6.45) is 3.07. The predicted molar refractivity (Wildman–Crippen MR) is 127 cm³/mol. The molecule has 8 heteroatoms. The molecule has 0 radical (unpaired) electrons. The Bertz CT molecular complexity index is 1150. The van der Waals surface area contributed by atoms with Crippen LogP contribution in [0.4, 0.5) is 4.79 Å². The molecule has 1 aromatic heterocycles. The highest BCUT2D eigenvalue weighted by Gasteiger charge is 2.39. The van der Waals surface area contributed by atoms with Gasteiger partial charge in [-0.1, -0.05) is 42.5 Å². The van der Waals surface area contributed by atoms with Crippen LogP contribution >= 0.6 is 11.3 Å². The Morgan fingerprint density at radius 3 is 2.70 bits per heavy atom. The normalized spacial score (nSPS) is 21.0. The maximum Gasteiger partial charge on any atom is 0.325 e. The van der Waals surface area contributed by atoms with E-state index in [1.165, 1.54) is 0 Å². The number of fused-ring (bicyclic) bond motifs is 1. The standard InChI is InChI=1S/C25H26N4O3S/c30-22(16-29-24(31)20(27-25(29)32)13-12-17-7-2-1-3-8-17)28-14-6-9-18(15-28)23-26-19-10-4-5-11-21(19)33-23/h1-5,7-8,10-11,18,20H,6,9,12-16H2,(H,27,32)/t18-,20+/m0/s1. The lowest BCUT2D eigenvalue weighted by Crippen LogP contribution is -2.46. The average molecular weight is 463 g/mol. The van der Waals surface area contributed by atoms with Crippen molar-refractivity contribution in [3.63, 3.8) is 0 Å². The van der Waals surface area contributed by atoms with Gasteiger partial charge in [0.25, 0.3) is 5.91 Å². The zero-order valence-corrected chi connectivity index (χ0v) is 19.1. The average Bonchev–Trinajstić information content (AvgIpc) is 3.40. The molecule has 2 saturated heterocycles. The topological polar surface area (TPSA) is 82.6 Å². The van der Waals surface area contributed by atoms with Crippen LogP contribution in [0.15, 0.2) is 54.6 Å². The van der Waals surface area contributed by atoms with E-state index in [0.29, 0.717) is 25.9 Å². The van der Waals surface area contributed by atoms with E-state index >= 15 is 0 Å². The molecule has 0 spiro atoms. The third-order valence-corrected chi connectivity index (χ3v) is 7.60. The first-order valence-corrected chi connectivity index (χ1v) is 12.2. The van der Waals surface area contributed by atoms with Gasteiger partial charge in [0.05, 0.1) is 15.2 Å². The molecule has 0 bridgehead atoms. The molecule has 4 amide bonds. The Morgan fingerprint density at radius 2 is 1.88 bits per heavy atom. The number of hydrogen-bond donors (Lipinski definition) is 1. The molecule has 2 aliphatic rings. The first kappa shape index (κ1) is 21.6. The van der Waals surface area contributed by atoms with Crippen molar-refractivity contribution in [1.29, 1.82) is 0 Å². The lowest BCUT2D eigenvalue weighted by atomic mass is 9.98. The molecule has 2 aliphatic heterocycles. The van der Waals surface area contributed by atoms with E-state index in [4.69, 9.17) is 4.98 Å². The number of aryl methyl sites for hydroxylation is 1. The van der Waals surface area contributed by atoms with Gasteiger partial charge in [-0.25, -0.2) is 9.78 Å². The molecule has 2 aromatic carbocycles. The van der Waals surface area contributed by atoms with Crippen molar-refractivity contribution in [3.05, 3.63) is 65.2 Å². The number of rotatable bonds is 6. The first-order valence-electron chi connectivity index (χ1n) is 11.4. The summed E-state index contributed by atoms with van der Waals surface area (Å²) in [5.41, 5.74) is 2.10. The number of urea groups is 1. The van der Waals surface area contributed by atoms with Gasteiger partial charge in [-0.15, -0.1) is 11.3 Å². The van der Waals surface area contributed by atoms with Crippen molar-refractivity contribution in [1.82, 2.24) is 20.1 Å². The van der Waals surface area contributed by atoms with E-state index in [0.717, 1.165) is 38.5 Å². The molecule has 2 atom stereocenters. The molecule has 1 N–H and O–H groups in total. The summed E-state index contributed by atoms with van der Waals surface area (Å²) in [6.45, 7) is 1.00. The Labute approximate surface area is 196 Å². The van der Waals surface area contributed by atoms with Gasteiger partial charge in [-0.05, 0) is 43.4 Å². The second-order valence-electron chi connectivity index (χ2n) is 8.65. The fourth-order valence-corrected chi connectivity index (χ4v) is 5.68. The van der Waals surface area contributed by atoms with Gasteiger partial charge in [0.1, 0.15) is 12.6 Å². The number of carbonyl (C=O) groups excluding carboxylic acids is 3. The van der Waals surface area contributed by atoms with Gasteiger partial charge in [0.2, 0.25) is 5.91 Å². The summed E-state index contributed by atoms with van der Waals surface area (Å²) in [5.74, 6) is -0.320. The van der Waals surface area contributed by atoms with Gasteiger partial charge in [0.15, 0.2) is 0 Å². The summed E-state index contributed by atoms with van der Waals surface area (Å²) in [5, 5.41) is 3.79. The zero-order chi connectivity index (χ0) is 22.8. The molecule has 3 aromatic rings. The molecular weight excluding hydrogens is 436 g/mol. The van der Waals surface area contributed by atoms with Crippen molar-refractivity contribution < 1.29 is 14.4 Å². The minimum Gasteiger partial charge on any atom is -0.340 e. The van der Waals surface area contributed by atoms with Crippen LogP contribution in [0, 0.1) is 0 Å². The van der Waals surface area contributed by atoms with E-state index in [1.54, 1.807) is 16.2 Å². The van der Waals surface area contributed by atoms with Crippen molar-refractivity contribution >= 4 is 39.4 Å². The van der Waals surface area contributed by atoms with Gasteiger partial charge in [0, 0.05) is 19.0 Å². The van der Waals surface area contributed by atoms with Crippen LogP contribution in [0.5, 0.6) is 0 Å². The lowest BCUT2D eigenvalue weighted by molar-refractivity contribution is -0.138. The smallest absolute Gasteiger partial charge is 0.325 e. The van der Waals surface area contributed by atoms with E-state index in [-0.39, 0.29) is 24.3 Å². The molecule has 5 rings (SSSR count). The molecule has 7 nitrogen and oxygen atoms in total. The Balaban J connectivity index is 1.19. The number of imide groups is 1. The summed E-state index contributed by atoms with van der Waals surface area (Å²) in [7, 11) is 0. The first-order chi connectivity index (χ1) is 16.1. The maximum atomic E-state index is 13.0. The highest BCUT2D eigenvalue weighted by molar-refractivity contribution is 7.18. The fraction of sp³-hybridized carbons (Fsp3) is 0.360. The minimum absolute atomic E-state index is 0.182. The fourth-order valence-electron chi connectivity index (χ4n) is 4.58. The SMILES string of the molecule is O=C(CN1C(=O)N[C@H](CCc2ccccc2)C1=O)N1CCC[C@H](c2nc3ccccc3s2)C1. The molecule has 170 valence electrons. The number of nitrogens with one attached hydrogen (secondary N) is 1. The molecule has 0 saturated carbocycles. The van der Waals surface area contributed by atoms with Crippen LogP contribution in [-0.2, 0) is 16.0 Å². The Hall–Kier alpha value is -3.26. The third-order valence-electron chi connectivity index (χ3n) is 6.40. The number of benzene rings is 2. The quantitative estimate of drug-likeness (QED) is 0.568. The molecular formula is C25H26N4O3S. The predicted octanol–water partition coefficient (Wildman–Crippen LogP) is 3.56. The number of nitrogens with zero attached hydrogens (tertiary/aromatic N) is 3. The number of likely N-dealkylation sites (tertiary alicyclic amines) is 1. The molecule has 2 fully saturated rings. The molecule has 3 heterocycles. The van der Waals surface area contributed by atoms with Gasteiger partial charge in [-0.2, -0.15) is 0 Å². The number of carbonyl (C=O) groups is 3. The van der Waals surface area contributed by atoms with Crippen molar-refractivity contribution in [2.24, 2.45) is 0 Å². The van der Waals surface area contributed by atoms with Crippen molar-refractivity contribution in [2.75, 3.05) is 19.6 Å². The second-order valence-corrected chi connectivity index (χ2v) is 9.71. The number of hydrogen-bond acceptors (Lipinski definition) is 5. The van der Waals surface area contributed by atoms with E-state index < -0.39 is 12.1 Å². The molecule has 0 unspecified atom stereocenters. The number of piperidine rings is 1. The number of aromatic nitrogens is 1. The zero-order valence-electron chi connectivity index (χ0n) is 18.3. The number of thiazole rings is 1. The second kappa shape index (κ2) is 9.31. The van der Waals surface area contributed by atoms with E-state index in [1.807, 2.05) is 48.5 Å². The van der Waals surface area contributed by atoms with Crippen LogP contribution < -0.4 is 5.32 Å². The monoisotopic (exact) mass is 462 g/mol. The maximum absolute atomic E-state index is 13.0. The summed E-state index contributed by atoms with van der Waals surface area (Å²) in [4.78, 5) is 45.9. The number of para-hydroxylation sites is 1. The van der Waals surface area contributed by atoms with Gasteiger partial charge in [-0.3, -0.25) is 14.5 Å². The molecule has 33 heavy (non-hydrogen) atoms. The van der Waals surface area contributed by atoms with Crippen molar-refractivity contribution in [2.45, 2.75) is 37.6 Å².